The first-order valence-corrected chi connectivity index (χ1v) is 6.50. The Morgan fingerprint density at radius 2 is 2.16 bits per heavy atom. The predicted octanol–water partition coefficient (Wildman–Crippen LogP) is 1.81. The number of anilines is 2. The van der Waals surface area contributed by atoms with Crippen LogP contribution in [0.1, 0.15) is 23.7 Å². The van der Waals surface area contributed by atoms with Crippen LogP contribution in [-0.2, 0) is 4.74 Å². The van der Waals surface area contributed by atoms with Crippen LogP contribution in [0.3, 0.4) is 0 Å². The molecule has 106 valence electrons. The van der Waals surface area contributed by atoms with Gasteiger partial charge in [-0.2, -0.15) is 0 Å². The van der Waals surface area contributed by atoms with Crippen LogP contribution in [-0.4, -0.2) is 44.7 Å². The Kier molecular flexibility index (Phi) is 6.15. The largest absolute Gasteiger partial charge is 0.462 e. The van der Waals surface area contributed by atoms with Crippen molar-refractivity contribution in [2.75, 3.05) is 44.8 Å². The van der Waals surface area contributed by atoms with Gasteiger partial charge in [-0.05, 0) is 46.1 Å². The molecule has 0 aliphatic rings. The molecule has 3 N–H and O–H groups in total. The van der Waals surface area contributed by atoms with Gasteiger partial charge in [-0.25, -0.2) is 4.79 Å². The quantitative estimate of drug-likeness (QED) is 0.447. The Bertz CT molecular complexity index is 419. The second-order valence-corrected chi connectivity index (χ2v) is 4.57. The summed E-state index contributed by atoms with van der Waals surface area (Å²) < 4.78 is 5.03. The molecule has 19 heavy (non-hydrogen) atoms. The standard InChI is InChI=1S/C14H23N3O2/c1-4-19-14(18)11-7-5-8-12(15)13(11)16-9-6-10-17(2)3/h5,7-8,16H,4,6,9-10,15H2,1-3H3. The van der Waals surface area contributed by atoms with Gasteiger partial charge in [0.2, 0.25) is 0 Å². The molecule has 1 rings (SSSR count). The highest BCUT2D eigenvalue weighted by Gasteiger charge is 2.14. The number of nitrogens with two attached hydrogens (primary N) is 1. The first-order chi connectivity index (χ1) is 9.06. The van der Waals surface area contributed by atoms with Crippen molar-refractivity contribution >= 4 is 17.3 Å². The van der Waals surface area contributed by atoms with Crippen LogP contribution in [0.2, 0.25) is 0 Å². The highest BCUT2D eigenvalue weighted by Crippen LogP contribution is 2.24. The third-order valence-electron chi connectivity index (χ3n) is 2.68. The van der Waals surface area contributed by atoms with Crippen molar-refractivity contribution in [1.82, 2.24) is 4.90 Å². The van der Waals surface area contributed by atoms with Crippen LogP contribution in [0, 0.1) is 0 Å². The zero-order valence-electron chi connectivity index (χ0n) is 11.9. The van der Waals surface area contributed by atoms with E-state index in [0.717, 1.165) is 19.5 Å². The number of carbonyl (C=O) groups is 1. The van der Waals surface area contributed by atoms with Gasteiger partial charge >= 0.3 is 5.97 Å². The van der Waals surface area contributed by atoms with Crippen LogP contribution in [0.15, 0.2) is 18.2 Å². The average Bonchev–Trinajstić information content (AvgIpc) is 2.36. The molecular formula is C14H23N3O2. The molecule has 0 spiro atoms. The highest BCUT2D eigenvalue weighted by molar-refractivity contribution is 5.98. The molecule has 0 aliphatic heterocycles. The Morgan fingerprint density at radius 3 is 2.79 bits per heavy atom. The molecule has 1 aromatic carbocycles. The van der Waals surface area contributed by atoms with Gasteiger partial charge in [0.15, 0.2) is 0 Å². The lowest BCUT2D eigenvalue weighted by Crippen LogP contribution is -2.18. The zero-order chi connectivity index (χ0) is 14.3. The summed E-state index contributed by atoms with van der Waals surface area (Å²) in [4.78, 5) is 13.9. The van der Waals surface area contributed by atoms with Crippen molar-refractivity contribution in [3.8, 4) is 0 Å². The first kappa shape index (κ1) is 15.3. The summed E-state index contributed by atoms with van der Waals surface area (Å²) in [5, 5.41) is 3.22. The third-order valence-corrected chi connectivity index (χ3v) is 2.68. The molecule has 0 saturated carbocycles. The van der Waals surface area contributed by atoms with E-state index in [0.29, 0.717) is 23.5 Å². The van der Waals surface area contributed by atoms with Crippen LogP contribution in [0.4, 0.5) is 11.4 Å². The van der Waals surface area contributed by atoms with Crippen LogP contribution in [0.5, 0.6) is 0 Å². The molecule has 0 amide bonds. The molecular weight excluding hydrogens is 242 g/mol. The fourth-order valence-corrected chi connectivity index (χ4v) is 1.76. The summed E-state index contributed by atoms with van der Waals surface area (Å²) >= 11 is 0. The van der Waals surface area contributed by atoms with Gasteiger partial charge in [0.1, 0.15) is 0 Å². The smallest absolute Gasteiger partial charge is 0.340 e. The maximum Gasteiger partial charge on any atom is 0.340 e. The summed E-state index contributed by atoms with van der Waals surface area (Å²) in [6.07, 6.45) is 0.976. The van der Waals surface area contributed by atoms with Crippen LogP contribution >= 0.6 is 0 Å². The van der Waals surface area contributed by atoms with E-state index in [1.54, 1.807) is 25.1 Å². The number of hydrogen-bond donors (Lipinski definition) is 2. The van der Waals surface area contributed by atoms with Crippen molar-refractivity contribution < 1.29 is 9.53 Å². The van der Waals surface area contributed by atoms with E-state index in [-0.39, 0.29) is 5.97 Å². The minimum atomic E-state index is -0.343. The number of para-hydroxylation sites is 1. The number of nitrogens with zero attached hydrogens (tertiary/aromatic N) is 1. The topological polar surface area (TPSA) is 67.6 Å². The summed E-state index contributed by atoms with van der Waals surface area (Å²) in [5.74, 6) is -0.343. The Labute approximate surface area is 114 Å². The van der Waals surface area contributed by atoms with E-state index in [9.17, 15) is 4.79 Å². The molecule has 0 bridgehead atoms. The normalized spacial score (nSPS) is 10.5. The number of nitrogen functional groups attached to an aromatic ring is 1. The van der Waals surface area contributed by atoms with Gasteiger partial charge in [-0.1, -0.05) is 6.07 Å². The molecule has 0 aliphatic carbocycles. The number of ether oxygens (including phenoxy) is 1. The molecule has 0 fully saturated rings. The van der Waals surface area contributed by atoms with Crippen LogP contribution < -0.4 is 11.1 Å². The predicted molar refractivity (Wildman–Crippen MR) is 78.5 cm³/mol. The van der Waals surface area contributed by atoms with Crippen molar-refractivity contribution in [1.29, 1.82) is 0 Å². The maximum absolute atomic E-state index is 11.8. The van der Waals surface area contributed by atoms with E-state index in [1.165, 1.54) is 0 Å². The SMILES string of the molecule is CCOC(=O)c1cccc(N)c1NCCCN(C)C. The van der Waals surface area contributed by atoms with E-state index in [4.69, 9.17) is 10.5 Å². The van der Waals surface area contributed by atoms with Gasteiger partial charge < -0.3 is 20.7 Å². The molecule has 0 saturated heterocycles. The van der Waals surface area contributed by atoms with Crippen molar-refractivity contribution in [2.45, 2.75) is 13.3 Å². The van der Waals surface area contributed by atoms with E-state index in [2.05, 4.69) is 10.2 Å². The zero-order valence-corrected chi connectivity index (χ0v) is 11.9. The Hall–Kier alpha value is -1.75. The average molecular weight is 265 g/mol. The number of nitrogens with one attached hydrogen (secondary N) is 1. The number of carbonyl (C=O) groups excluding carboxylic acids is 1. The molecule has 0 radical (unpaired) electrons. The first-order valence-electron chi connectivity index (χ1n) is 6.50. The maximum atomic E-state index is 11.8. The lowest BCUT2D eigenvalue weighted by molar-refractivity contribution is 0.0527. The molecule has 0 aromatic heterocycles. The van der Waals surface area contributed by atoms with Crippen LogP contribution in [0.25, 0.3) is 0 Å². The Balaban J connectivity index is 2.72. The monoisotopic (exact) mass is 265 g/mol. The van der Waals surface area contributed by atoms with Gasteiger partial charge in [0.05, 0.1) is 23.5 Å². The number of esters is 1. The summed E-state index contributed by atoms with van der Waals surface area (Å²) in [6.45, 7) is 3.88. The molecule has 1 aromatic rings. The molecule has 0 heterocycles. The lowest BCUT2D eigenvalue weighted by Gasteiger charge is -2.15. The highest BCUT2D eigenvalue weighted by atomic mass is 16.5. The van der Waals surface area contributed by atoms with E-state index >= 15 is 0 Å². The van der Waals surface area contributed by atoms with Crippen molar-refractivity contribution in [3.63, 3.8) is 0 Å². The summed E-state index contributed by atoms with van der Waals surface area (Å²) in [6, 6.07) is 5.26. The number of rotatable bonds is 7. The second-order valence-electron chi connectivity index (χ2n) is 4.57. The third kappa shape index (κ3) is 4.79. The molecule has 0 unspecified atom stereocenters. The molecule has 0 atom stereocenters. The molecule has 5 nitrogen and oxygen atoms in total. The number of benzene rings is 1. The van der Waals surface area contributed by atoms with Gasteiger partial charge in [0, 0.05) is 6.54 Å². The van der Waals surface area contributed by atoms with Gasteiger partial charge in [0.25, 0.3) is 0 Å². The summed E-state index contributed by atoms with van der Waals surface area (Å²) in [5.41, 5.74) is 7.64. The number of hydrogen-bond acceptors (Lipinski definition) is 5. The van der Waals surface area contributed by atoms with Crippen molar-refractivity contribution in [2.24, 2.45) is 0 Å². The Morgan fingerprint density at radius 1 is 1.42 bits per heavy atom. The van der Waals surface area contributed by atoms with Gasteiger partial charge in [-0.3, -0.25) is 0 Å². The molecule has 5 heteroatoms. The minimum absolute atomic E-state index is 0.343. The van der Waals surface area contributed by atoms with Gasteiger partial charge in [-0.15, -0.1) is 0 Å². The minimum Gasteiger partial charge on any atom is -0.462 e. The van der Waals surface area contributed by atoms with E-state index in [1.807, 2.05) is 14.1 Å². The van der Waals surface area contributed by atoms with Crippen molar-refractivity contribution in [3.05, 3.63) is 23.8 Å². The van der Waals surface area contributed by atoms with E-state index < -0.39 is 0 Å². The lowest BCUT2D eigenvalue weighted by atomic mass is 10.1. The summed E-state index contributed by atoms with van der Waals surface area (Å²) in [7, 11) is 4.06. The fourth-order valence-electron chi connectivity index (χ4n) is 1.76. The second kappa shape index (κ2) is 7.63. The fraction of sp³-hybridized carbons (Fsp3) is 0.500.